The zero-order chi connectivity index (χ0) is 16.1. The van der Waals surface area contributed by atoms with Crippen LogP contribution >= 0.6 is 0 Å². The highest BCUT2D eigenvalue weighted by Crippen LogP contribution is 2.31. The maximum absolute atomic E-state index is 11.2. The van der Waals surface area contributed by atoms with E-state index in [1.807, 2.05) is 12.1 Å². The summed E-state index contributed by atoms with van der Waals surface area (Å²) < 4.78 is 10.5. The van der Waals surface area contributed by atoms with E-state index in [9.17, 15) is 4.79 Å². The second-order valence-corrected chi connectivity index (χ2v) is 4.53. The van der Waals surface area contributed by atoms with Crippen LogP contribution in [-0.4, -0.2) is 30.0 Å². The molecule has 0 aliphatic carbocycles. The van der Waals surface area contributed by atoms with E-state index >= 15 is 0 Å². The van der Waals surface area contributed by atoms with Crippen molar-refractivity contribution in [2.75, 3.05) is 14.2 Å². The third-order valence-corrected chi connectivity index (χ3v) is 3.04. The number of nitrogens with two attached hydrogens (primary N) is 1. The predicted octanol–water partition coefficient (Wildman–Crippen LogP) is 2.05. The van der Waals surface area contributed by atoms with Crippen LogP contribution in [0.15, 0.2) is 36.2 Å². The molecule has 0 spiro atoms. The fourth-order valence-corrected chi connectivity index (χ4v) is 1.84. The quantitative estimate of drug-likeness (QED) is 0.850. The number of rotatable bonds is 5. The van der Waals surface area contributed by atoms with E-state index in [4.69, 9.17) is 15.2 Å². The Labute approximate surface area is 128 Å². The zero-order valence-electron chi connectivity index (χ0n) is 12.7. The molecule has 0 fully saturated rings. The summed E-state index contributed by atoms with van der Waals surface area (Å²) >= 11 is 0. The number of hydrogen-bond donors (Lipinski definition) is 1. The van der Waals surface area contributed by atoms with Gasteiger partial charge in [-0.3, -0.25) is 4.79 Å². The fourth-order valence-electron chi connectivity index (χ4n) is 1.84. The number of nitrogens with zero attached hydrogens (tertiary/aromatic N) is 2. The van der Waals surface area contributed by atoms with Crippen molar-refractivity contribution in [3.8, 4) is 22.8 Å². The molecule has 0 radical (unpaired) electrons. The summed E-state index contributed by atoms with van der Waals surface area (Å²) in [6, 6.07) is 7.26. The van der Waals surface area contributed by atoms with Crippen LogP contribution in [0.3, 0.4) is 0 Å². The van der Waals surface area contributed by atoms with Crippen LogP contribution < -0.4 is 15.2 Å². The van der Waals surface area contributed by atoms with Gasteiger partial charge in [-0.1, -0.05) is 0 Å². The van der Waals surface area contributed by atoms with Crippen LogP contribution in [0.25, 0.3) is 17.3 Å². The van der Waals surface area contributed by atoms with Crippen LogP contribution in [0.4, 0.5) is 0 Å². The first-order valence-corrected chi connectivity index (χ1v) is 6.58. The monoisotopic (exact) mass is 299 g/mol. The lowest BCUT2D eigenvalue weighted by atomic mass is 10.1. The summed E-state index contributed by atoms with van der Waals surface area (Å²) in [5.41, 5.74) is 7.27. The smallest absolute Gasteiger partial charge is 0.175 e. The third kappa shape index (κ3) is 3.41. The molecule has 0 aliphatic rings. The highest BCUT2D eigenvalue weighted by Gasteiger charge is 2.08. The second-order valence-electron chi connectivity index (χ2n) is 4.53. The molecule has 1 aromatic carbocycles. The molecular formula is C16H17N3O3. The highest BCUT2D eigenvalue weighted by molar-refractivity contribution is 5.96. The topological polar surface area (TPSA) is 87.3 Å². The van der Waals surface area contributed by atoms with Gasteiger partial charge in [0.15, 0.2) is 23.1 Å². The van der Waals surface area contributed by atoms with Crippen molar-refractivity contribution in [3.63, 3.8) is 0 Å². The van der Waals surface area contributed by atoms with Crippen molar-refractivity contribution in [2.24, 2.45) is 5.73 Å². The Hall–Kier alpha value is -2.89. The molecule has 2 aromatic rings. The Morgan fingerprint density at radius 1 is 1.18 bits per heavy atom. The normalized spacial score (nSPS) is 11.1. The van der Waals surface area contributed by atoms with Gasteiger partial charge in [-0.25, -0.2) is 9.97 Å². The maximum atomic E-state index is 11.2. The molecular weight excluding hydrogens is 282 g/mol. The largest absolute Gasteiger partial charge is 0.493 e. The third-order valence-electron chi connectivity index (χ3n) is 3.04. The van der Waals surface area contributed by atoms with E-state index in [2.05, 4.69) is 9.97 Å². The van der Waals surface area contributed by atoms with Crippen molar-refractivity contribution in [3.05, 3.63) is 42.0 Å². The summed E-state index contributed by atoms with van der Waals surface area (Å²) in [6.07, 6.45) is 3.06. The van der Waals surface area contributed by atoms with E-state index < -0.39 is 0 Å². The molecule has 0 unspecified atom stereocenters. The summed E-state index contributed by atoms with van der Waals surface area (Å²) in [5.74, 6) is 1.40. The number of carbonyl (C=O) groups excluding carboxylic acids is 1. The van der Waals surface area contributed by atoms with Gasteiger partial charge in [-0.05, 0) is 24.3 Å². The van der Waals surface area contributed by atoms with Gasteiger partial charge in [-0.2, -0.15) is 0 Å². The molecule has 6 heteroatoms. The summed E-state index contributed by atoms with van der Waals surface area (Å²) in [4.78, 5) is 19.6. The van der Waals surface area contributed by atoms with Crippen molar-refractivity contribution in [2.45, 2.75) is 6.92 Å². The zero-order valence-corrected chi connectivity index (χ0v) is 12.7. The Bertz CT molecular complexity index is 726. The highest BCUT2D eigenvalue weighted by atomic mass is 16.5. The van der Waals surface area contributed by atoms with E-state index in [1.54, 1.807) is 32.5 Å². The van der Waals surface area contributed by atoms with Gasteiger partial charge in [0, 0.05) is 24.8 Å². The summed E-state index contributed by atoms with van der Waals surface area (Å²) in [5, 5.41) is 0. The van der Waals surface area contributed by atoms with Crippen LogP contribution in [0, 0.1) is 0 Å². The molecule has 0 atom stereocenters. The first kappa shape index (κ1) is 15.5. The minimum atomic E-state index is -0.222. The standard InChI is InChI=1S/C16H17N3O3/c1-10(20)12(17)9-16-18-7-6-13(19-16)11-4-5-14(21-2)15(8-11)22-3/h4-9H,17H2,1-3H3. The van der Waals surface area contributed by atoms with Crippen LogP contribution in [0.5, 0.6) is 11.5 Å². The lowest BCUT2D eigenvalue weighted by Gasteiger charge is -2.09. The number of ether oxygens (including phenoxy) is 2. The second kappa shape index (κ2) is 6.71. The SMILES string of the molecule is COc1ccc(-c2ccnc(C=C(N)C(C)=O)n2)cc1OC. The van der Waals surface area contributed by atoms with Gasteiger partial charge in [0.05, 0.1) is 25.6 Å². The average molecular weight is 299 g/mol. The lowest BCUT2D eigenvalue weighted by Crippen LogP contribution is -2.07. The van der Waals surface area contributed by atoms with E-state index in [1.165, 1.54) is 13.0 Å². The van der Waals surface area contributed by atoms with Crippen LogP contribution in [-0.2, 0) is 4.79 Å². The average Bonchev–Trinajstić information content (AvgIpc) is 2.54. The van der Waals surface area contributed by atoms with Crippen LogP contribution in [0.2, 0.25) is 0 Å². The molecule has 22 heavy (non-hydrogen) atoms. The first-order chi connectivity index (χ1) is 10.5. The lowest BCUT2D eigenvalue weighted by molar-refractivity contribution is -0.113. The van der Waals surface area contributed by atoms with Crippen molar-refractivity contribution in [1.82, 2.24) is 9.97 Å². The molecule has 6 nitrogen and oxygen atoms in total. The van der Waals surface area contributed by atoms with Crippen LogP contribution in [0.1, 0.15) is 12.7 Å². The van der Waals surface area contributed by atoms with Gasteiger partial charge in [0.25, 0.3) is 0 Å². The maximum Gasteiger partial charge on any atom is 0.175 e. The number of benzene rings is 1. The Kier molecular flexibility index (Phi) is 4.73. The minimum absolute atomic E-state index is 0.115. The molecule has 0 bridgehead atoms. The number of carbonyl (C=O) groups is 1. The Morgan fingerprint density at radius 3 is 2.55 bits per heavy atom. The summed E-state index contributed by atoms with van der Waals surface area (Å²) in [6.45, 7) is 1.39. The van der Waals surface area contributed by atoms with Gasteiger partial charge < -0.3 is 15.2 Å². The Balaban J connectivity index is 2.42. The number of Topliss-reactive ketones (excluding diaryl/α,β-unsaturated/α-hetero) is 1. The number of allylic oxidation sites excluding steroid dienone is 1. The number of hydrogen-bond acceptors (Lipinski definition) is 6. The van der Waals surface area contributed by atoms with Gasteiger partial charge in [0.1, 0.15) is 0 Å². The molecule has 0 saturated carbocycles. The van der Waals surface area contributed by atoms with Crippen molar-refractivity contribution >= 4 is 11.9 Å². The fraction of sp³-hybridized carbons (Fsp3) is 0.188. The molecule has 0 saturated heterocycles. The number of ketones is 1. The number of methoxy groups -OCH3 is 2. The molecule has 0 aliphatic heterocycles. The molecule has 1 heterocycles. The van der Waals surface area contributed by atoms with E-state index in [0.29, 0.717) is 23.0 Å². The predicted molar refractivity (Wildman–Crippen MR) is 83.4 cm³/mol. The molecule has 2 rings (SSSR count). The Morgan fingerprint density at radius 2 is 1.91 bits per heavy atom. The molecule has 2 N–H and O–H groups in total. The summed E-state index contributed by atoms with van der Waals surface area (Å²) in [7, 11) is 3.15. The molecule has 114 valence electrons. The van der Waals surface area contributed by atoms with Gasteiger partial charge in [-0.15, -0.1) is 0 Å². The van der Waals surface area contributed by atoms with E-state index in [-0.39, 0.29) is 11.5 Å². The number of aromatic nitrogens is 2. The van der Waals surface area contributed by atoms with Gasteiger partial charge >= 0.3 is 0 Å². The van der Waals surface area contributed by atoms with Gasteiger partial charge in [0.2, 0.25) is 0 Å². The minimum Gasteiger partial charge on any atom is -0.493 e. The molecule has 1 aromatic heterocycles. The first-order valence-electron chi connectivity index (χ1n) is 6.58. The van der Waals surface area contributed by atoms with E-state index in [0.717, 1.165) is 5.56 Å². The molecule has 0 amide bonds. The van der Waals surface area contributed by atoms with Crippen molar-refractivity contribution in [1.29, 1.82) is 0 Å². The van der Waals surface area contributed by atoms with Crippen molar-refractivity contribution < 1.29 is 14.3 Å².